The minimum atomic E-state index is -3.92. The van der Waals surface area contributed by atoms with Crippen molar-refractivity contribution < 1.29 is 37.1 Å². The lowest BCUT2D eigenvalue weighted by Gasteiger charge is -2.30. The highest BCUT2D eigenvalue weighted by Crippen LogP contribution is 2.46. The summed E-state index contributed by atoms with van der Waals surface area (Å²) >= 11 is 0. The number of carbonyl (C=O) groups excluding carboxylic acids is 4. The normalized spacial score (nSPS) is 22.2. The number of ether oxygens (including phenoxy) is 2. The zero-order valence-corrected chi connectivity index (χ0v) is 31.0. The molecule has 1 aromatic heterocycles. The lowest BCUT2D eigenvalue weighted by Crippen LogP contribution is -2.57. The van der Waals surface area contributed by atoms with Gasteiger partial charge in [-0.1, -0.05) is 73.3 Å². The Morgan fingerprint density at radius 1 is 0.982 bits per heavy atom. The lowest BCUT2D eigenvalue weighted by atomic mass is 10.0. The van der Waals surface area contributed by atoms with Crippen molar-refractivity contribution >= 4 is 44.6 Å². The number of rotatable bonds is 14. The number of methoxy groups -OCH3 is 1. The van der Waals surface area contributed by atoms with Crippen molar-refractivity contribution in [3.8, 4) is 22.8 Å². The number of benzene rings is 3. The van der Waals surface area contributed by atoms with Gasteiger partial charge in [-0.05, 0) is 43.0 Å². The number of amides is 4. The predicted octanol–water partition coefficient (Wildman–Crippen LogP) is 3.97. The number of fused-ring (bicyclic) bond motifs is 1. The number of likely N-dealkylation sites (tertiary alicyclic amines) is 1. The molecule has 3 fully saturated rings. The van der Waals surface area contributed by atoms with Crippen LogP contribution in [0.15, 0.2) is 110 Å². The summed E-state index contributed by atoms with van der Waals surface area (Å²) in [5.74, 6) is -2.20. The molecule has 0 bridgehead atoms. The first-order valence-corrected chi connectivity index (χ1v) is 19.5. The number of nitrogens with zero attached hydrogens (tertiary/aromatic N) is 2. The molecule has 55 heavy (non-hydrogen) atoms. The predicted molar refractivity (Wildman–Crippen MR) is 205 cm³/mol. The minimum absolute atomic E-state index is 0.00591. The van der Waals surface area contributed by atoms with Crippen LogP contribution in [-0.2, 0) is 29.2 Å². The van der Waals surface area contributed by atoms with Crippen LogP contribution >= 0.6 is 0 Å². The molecule has 14 heteroatoms. The van der Waals surface area contributed by atoms with Crippen LogP contribution in [-0.4, -0.2) is 78.5 Å². The van der Waals surface area contributed by atoms with E-state index in [2.05, 4.69) is 28.5 Å². The van der Waals surface area contributed by atoms with E-state index >= 15 is 0 Å². The second-order valence-corrected chi connectivity index (χ2v) is 15.9. The van der Waals surface area contributed by atoms with Crippen LogP contribution in [0, 0.1) is 5.92 Å². The average molecular weight is 764 g/mol. The van der Waals surface area contributed by atoms with Crippen molar-refractivity contribution in [3.05, 3.63) is 116 Å². The van der Waals surface area contributed by atoms with Gasteiger partial charge < -0.3 is 25.0 Å². The smallest absolute Gasteiger partial charge is 0.259 e. The van der Waals surface area contributed by atoms with Crippen LogP contribution in [0.1, 0.15) is 37.3 Å². The van der Waals surface area contributed by atoms with E-state index in [4.69, 9.17) is 14.5 Å². The Morgan fingerprint density at radius 2 is 1.69 bits per heavy atom. The first kappa shape index (κ1) is 37.3. The van der Waals surface area contributed by atoms with Gasteiger partial charge in [-0.3, -0.25) is 23.9 Å². The van der Waals surface area contributed by atoms with Gasteiger partial charge in [0, 0.05) is 35.4 Å². The molecule has 0 radical (unpaired) electrons. The van der Waals surface area contributed by atoms with E-state index in [1.54, 1.807) is 55.6 Å². The molecule has 3 aromatic carbocycles. The highest BCUT2D eigenvalue weighted by atomic mass is 32.2. The highest BCUT2D eigenvalue weighted by Gasteiger charge is 2.62. The number of hydrogen-bond acceptors (Lipinski definition) is 9. The summed E-state index contributed by atoms with van der Waals surface area (Å²) in [6.07, 6.45) is 2.85. The molecule has 0 spiro atoms. The Morgan fingerprint density at radius 3 is 2.33 bits per heavy atom. The van der Waals surface area contributed by atoms with E-state index in [-0.39, 0.29) is 19.4 Å². The molecule has 2 aliphatic carbocycles. The molecule has 2 saturated carbocycles. The molecular weight excluding hydrogens is 723 g/mol. The Labute approximate surface area is 318 Å². The SMILES string of the molecule is C=CC(=O)N[C@@H](C(=O)N1CC(Oc2cc(-c3ccccc3)nc3cc(OC)ccc23)C[C@H]1C(=O)N[C@]1(C(=O)NS(=O)(=O)C2CC2)C[C@H]1C=C)c1ccccc1. The van der Waals surface area contributed by atoms with Crippen LogP contribution in [0.25, 0.3) is 22.2 Å². The zero-order valence-electron chi connectivity index (χ0n) is 30.1. The minimum Gasteiger partial charge on any atom is -0.497 e. The largest absolute Gasteiger partial charge is 0.497 e. The Hall–Kier alpha value is -6.02. The van der Waals surface area contributed by atoms with Crippen molar-refractivity contribution in [2.24, 2.45) is 5.92 Å². The second-order valence-electron chi connectivity index (χ2n) is 14.0. The van der Waals surface area contributed by atoms with E-state index < -0.39 is 68.5 Å². The standard InChI is InChI=1S/C41H41N5O8S/c1-4-27-23-41(27,40(50)45-55(51,52)30-17-18-30)44-38(48)34-21-29(24-46(34)39(49)37(43-36(47)5-2)26-14-10-7-11-15-26)54-35-22-32(25-12-8-6-9-13-25)42-33-20-28(53-3)16-19-31(33)35/h4-16,19-20,22,27,29-30,34,37H,1-2,17-18,21,23-24H2,3H3,(H,43,47)(H,44,48)(H,45,50)/t27-,29?,34+,37-,41-/m1/s1. The Balaban J connectivity index is 1.23. The number of pyridine rings is 1. The lowest BCUT2D eigenvalue weighted by molar-refractivity contribution is -0.142. The molecule has 284 valence electrons. The van der Waals surface area contributed by atoms with Crippen molar-refractivity contribution in [2.75, 3.05) is 13.7 Å². The van der Waals surface area contributed by atoms with Gasteiger partial charge in [0.25, 0.3) is 11.8 Å². The van der Waals surface area contributed by atoms with Gasteiger partial charge >= 0.3 is 0 Å². The number of nitrogens with one attached hydrogen (secondary N) is 3. The van der Waals surface area contributed by atoms with Gasteiger partial charge in [-0.15, -0.1) is 6.58 Å². The van der Waals surface area contributed by atoms with Gasteiger partial charge in [0.2, 0.25) is 21.8 Å². The maximum Gasteiger partial charge on any atom is 0.259 e. The van der Waals surface area contributed by atoms with Gasteiger partial charge in [-0.2, -0.15) is 0 Å². The van der Waals surface area contributed by atoms with Crippen LogP contribution < -0.4 is 24.8 Å². The van der Waals surface area contributed by atoms with Gasteiger partial charge in [0.15, 0.2) is 0 Å². The summed E-state index contributed by atoms with van der Waals surface area (Å²) in [5, 5.41) is 5.52. The zero-order chi connectivity index (χ0) is 38.9. The first-order valence-electron chi connectivity index (χ1n) is 18.0. The maximum atomic E-state index is 14.6. The molecule has 3 aliphatic rings. The Kier molecular flexibility index (Phi) is 10.2. The van der Waals surface area contributed by atoms with Crippen molar-refractivity contribution in [2.45, 2.75) is 54.7 Å². The third-order valence-electron chi connectivity index (χ3n) is 10.3. The quantitative estimate of drug-likeness (QED) is 0.127. The molecule has 2 heterocycles. The van der Waals surface area contributed by atoms with Crippen LogP contribution in [0.2, 0.25) is 0 Å². The number of sulfonamides is 1. The fourth-order valence-corrected chi connectivity index (χ4v) is 8.40. The van der Waals surface area contributed by atoms with Crippen LogP contribution in [0.3, 0.4) is 0 Å². The monoisotopic (exact) mass is 763 g/mol. The molecule has 7 rings (SSSR count). The number of aromatic nitrogens is 1. The Bertz CT molecular complexity index is 2280. The molecule has 5 atom stereocenters. The maximum absolute atomic E-state index is 14.6. The van der Waals surface area contributed by atoms with Crippen molar-refractivity contribution in [1.82, 2.24) is 25.2 Å². The summed E-state index contributed by atoms with van der Waals surface area (Å²) in [5.41, 5.74) is 0.976. The van der Waals surface area contributed by atoms with Gasteiger partial charge in [-0.25, -0.2) is 13.4 Å². The average Bonchev–Trinajstić information content (AvgIpc) is 4.13. The second kappa shape index (κ2) is 15.0. The van der Waals surface area contributed by atoms with Gasteiger partial charge in [0.05, 0.1) is 30.1 Å². The molecule has 3 N–H and O–H groups in total. The topological polar surface area (TPSA) is 173 Å². The van der Waals surface area contributed by atoms with E-state index in [1.807, 2.05) is 36.4 Å². The first-order chi connectivity index (χ1) is 26.5. The summed E-state index contributed by atoms with van der Waals surface area (Å²) in [6.45, 7) is 7.24. The van der Waals surface area contributed by atoms with Gasteiger partial charge in [0.1, 0.15) is 35.2 Å². The third kappa shape index (κ3) is 7.67. The molecule has 1 aliphatic heterocycles. The van der Waals surface area contributed by atoms with E-state index in [1.165, 1.54) is 11.0 Å². The molecule has 1 unspecified atom stereocenters. The fraction of sp³-hybridized carbons (Fsp3) is 0.293. The fourth-order valence-electron chi connectivity index (χ4n) is 7.03. The van der Waals surface area contributed by atoms with Crippen molar-refractivity contribution in [1.29, 1.82) is 0 Å². The molecule has 4 aromatic rings. The van der Waals surface area contributed by atoms with E-state index in [0.29, 0.717) is 46.5 Å². The molecular formula is C41H41N5O8S. The highest BCUT2D eigenvalue weighted by molar-refractivity contribution is 7.91. The summed E-state index contributed by atoms with van der Waals surface area (Å²) < 4.78 is 39.8. The third-order valence-corrected chi connectivity index (χ3v) is 12.1. The molecule has 13 nitrogen and oxygen atoms in total. The molecule has 4 amide bonds. The number of hydrogen-bond donors (Lipinski definition) is 3. The van der Waals surface area contributed by atoms with E-state index in [9.17, 15) is 27.6 Å². The number of carbonyl (C=O) groups is 4. The van der Waals surface area contributed by atoms with Crippen molar-refractivity contribution in [3.63, 3.8) is 0 Å². The summed E-state index contributed by atoms with van der Waals surface area (Å²) in [7, 11) is -2.35. The molecule has 1 saturated heterocycles. The summed E-state index contributed by atoms with van der Waals surface area (Å²) in [6, 6.07) is 23.0. The van der Waals surface area contributed by atoms with E-state index in [0.717, 1.165) is 11.6 Å². The summed E-state index contributed by atoms with van der Waals surface area (Å²) in [4.78, 5) is 61.4. The van der Waals surface area contributed by atoms with Crippen LogP contribution in [0.4, 0.5) is 0 Å². The van der Waals surface area contributed by atoms with Crippen LogP contribution in [0.5, 0.6) is 11.5 Å².